The maximum atomic E-state index is 13.5. The van der Waals surface area contributed by atoms with Gasteiger partial charge < -0.3 is 15.9 Å². The molecule has 0 radical (unpaired) electrons. The predicted molar refractivity (Wildman–Crippen MR) is 116 cm³/mol. The first-order valence-electron chi connectivity index (χ1n) is 11.0. The SMILES string of the molecule is Cc1ccc(-c2ccc(O)c3c2C[C@H]2C[C@H]4CC(=O)C(C(N)=O)C(=O)[C@@]4(O)C(=O)C2C3=O)cn1. The van der Waals surface area contributed by atoms with Gasteiger partial charge in [0.05, 0.1) is 11.5 Å². The molecule has 2 saturated carbocycles. The van der Waals surface area contributed by atoms with Gasteiger partial charge in [-0.1, -0.05) is 12.1 Å². The Kier molecular flexibility index (Phi) is 4.80. The molecule has 34 heavy (non-hydrogen) atoms. The normalized spacial score (nSPS) is 30.4. The standard InChI is InChI=1S/C25H22N2O7/c1-10-2-3-11(9-27-10)14-4-5-16(28)19-15(14)7-12-6-13-8-17(29)20(24(26)33)23(32)25(13,34)22(31)18(12)21(19)30/h2-5,9,12-13,18,20,28,34H,6-8H2,1H3,(H2,26,33)/t12-,13+,18?,20?,25+/m1/s1. The van der Waals surface area contributed by atoms with Crippen molar-refractivity contribution in [2.45, 2.75) is 31.8 Å². The van der Waals surface area contributed by atoms with Gasteiger partial charge in [0.25, 0.3) is 0 Å². The lowest BCUT2D eigenvalue weighted by Crippen LogP contribution is -2.68. The maximum absolute atomic E-state index is 13.5. The van der Waals surface area contributed by atoms with Crippen LogP contribution in [0.4, 0.5) is 0 Å². The average molecular weight is 462 g/mol. The Morgan fingerprint density at radius 1 is 1.09 bits per heavy atom. The number of fused-ring (bicyclic) bond motifs is 3. The first-order valence-corrected chi connectivity index (χ1v) is 11.0. The minimum Gasteiger partial charge on any atom is -0.507 e. The summed E-state index contributed by atoms with van der Waals surface area (Å²) in [6.45, 7) is 1.84. The zero-order chi connectivity index (χ0) is 24.5. The largest absolute Gasteiger partial charge is 0.507 e. The molecule has 1 aromatic carbocycles. The molecular formula is C25H22N2O7. The highest BCUT2D eigenvalue weighted by molar-refractivity contribution is 6.31. The molecule has 0 spiro atoms. The number of hydrogen-bond donors (Lipinski definition) is 3. The van der Waals surface area contributed by atoms with E-state index in [0.29, 0.717) is 11.1 Å². The number of Topliss-reactive ketones (excluding diaryl/α,β-unsaturated/α-hetero) is 4. The molecule has 0 bridgehead atoms. The lowest BCUT2D eigenvalue weighted by atomic mass is 9.53. The Morgan fingerprint density at radius 3 is 2.47 bits per heavy atom. The maximum Gasteiger partial charge on any atom is 0.235 e. The number of phenolic OH excluding ortho intramolecular Hbond substituents is 1. The van der Waals surface area contributed by atoms with E-state index in [-0.39, 0.29) is 30.6 Å². The van der Waals surface area contributed by atoms with E-state index in [2.05, 4.69) is 4.98 Å². The van der Waals surface area contributed by atoms with E-state index in [4.69, 9.17) is 5.73 Å². The number of hydrogen-bond acceptors (Lipinski definition) is 8. The summed E-state index contributed by atoms with van der Waals surface area (Å²) < 4.78 is 0. The van der Waals surface area contributed by atoms with E-state index in [1.54, 1.807) is 12.3 Å². The summed E-state index contributed by atoms with van der Waals surface area (Å²) in [5.41, 5.74) is 5.30. The molecule has 9 heteroatoms. The number of aryl methyl sites for hydroxylation is 1. The van der Waals surface area contributed by atoms with Crippen LogP contribution in [0.25, 0.3) is 11.1 Å². The summed E-state index contributed by atoms with van der Waals surface area (Å²) in [6, 6.07) is 6.71. The van der Waals surface area contributed by atoms with Crippen LogP contribution in [-0.2, 0) is 25.6 Å². The van der Waals surface area contributed by atoms with Crippen LogP contribution >= 0.6 is 0 Å². The van der Waals surface area contributed by atoms with E-state index in [9.17, 15) is 34.2 Å². The summed E-state index contributed by atoms with van der Waals surface area (Å²) in [4.78, 5) is 68.4. The number of rotatable bonds is 2. The molecular weight excluding hydrogens is 440 g/mol. The molecule has 2 fully saturated rings. The average Bonchev–Trinajstić information content (AvgIpc) is 2.77. The summed E-state index contributed by atoms with van der Waals surface area (Å²) in [7, 11) is 0. The van der Waals surface area contributed by atoms with Crippen molar-refractivity contribution >= 4 is 29.0 Å². The van der Waals surface area contributed by atoms with E-state index in [1.807, 2.05) is 19.1 Å². The first-order chi connectivity index (χ1) is 16.1. The number of primary amides is 1. The van der Waals surface area contributed by atoms with Crippen LogP contribution in [0, 0.1) is 30.6 Å². The topological polar surface area (TPSA) is 165 Å². The van der Waals surface area contributed by atoms with Gasteiger partial charge in [-0.15, -0.1) is 0 Å². The van der Waals surface area contributed by atoms with Crippen molar-refractivity contribution in [1.82, 2.24) is 4.98 Å². The van der Waals surface area contributed by atoms with Crippen LogP contribution in [0.2, 0.25) is 0 Å². The molecule has 1 heterocycles. The third kappa shape index (κ3) is 2.89. The van der Waals surface area contributed by atoms with Gasteiger partial charge in [-0.2, -0.15) is 0 Å². The highest BCUT2D eigenvalue weighted by Crippen LogP contribution is 2.51. The Hall–Kier alpha value is -3.72. The Balaban J connectivity index is 1.61. The number of aromatic hydroxyl groups is 1. The van der Waals surface area contributed by atoms with Crippen LogP contribution in [0.3, 0.4) is 0 Å². The van der Waals surface area contributed by atoms with Crippen molar-refractivity contribution in [3.05, 3.63) is 47.3 Å². The van der Waals surface area contributed by atoms with Gasteiger partial charge in [0, 0.05) is 29.8 Å². The van der Waals surface area contributed by atoms with E-state index < -0.39 is 58.3 Å². The molecule has 9 nitrogen and oxygen atoms in total. The molecule has 1 aromatic heterocycles. The van der Waals surface area contributed by atoms with Gasteiger partial charge in [0.15, 0.2) is 34.7 Å². The third-order valence-electron chi connectivity index (χ3n) is 7.51. The van der Waals surface area contributed by atoms with Crippen molar-refractivity contribution in [1.29, 1.82) is 0 Å². The van der Waals surface area contributed by atoms with Gasteiger partial charge in [-0.25, -0.2) is 0 Å². The molecule has 1 amide bonds. The number of carbonyl (C=O) groups excluding carboxylic acids is 5. The zero-order valence-corrected chi connectivity index (χ0v) is 18.3. The Bertz CT molecular complexity index is 1300. The monoisotopic (exact) mass is 462 g/mol. The molecule has 2 unspecified atom stereocenters. The number of nitrogens with zero attached hydrogens (tertiary/aromatic N) is 1. The quantitative estimate of drug-likeness (QED) is 0.549. The van der Waals surface area contributed by atoms with Crippen molar-refractivity contribution in [2.75, 3.05) is 0 Å². The van der Waals surface area contributed by atoms with E-state index in [0.717, 1.165) is 11.3 Å². The highest BCUT2D eigenvalue weighted by Gasteiger charge is 2.66. The Morgan fingerprint density at radius 2 is 1.82 bits per heavy atom. The number of carbonyl (C=O) groups is 5. The van der Waals surface area contributed by atoms with Crippen LogP contribution in [0.15, 0.2) is 30.5 Å². The molecule has 174 valence electrons. The molecule has 5 atom stereocenters. The summed E-state index contributed by atoms with van der Waals surface area (Å²) >= 11 is 0. The van der Waals surface area contributed by atoms with Crippen LogP contribution in [-0.4, -0.2) is 49.8 Å². The number of phenols is 1. The molecule has 3 aliphatic rings. The van der Waals surface area contributed by atoms with Gasteiger partial charge in [0.1, 0.15) is 5.75 Å². The number of amides is 1. The summed E-state index contributed by atoms with van der Waals surface area (Å²) in [5.74, 6) is -10.2. The molecule has 3 aliphatic carbocycles. The van der Waals surface area contributed by atoms with Gasteiger partial charge in [-0.3, -0.25) is 29.0 Å². The third-order valence-corrected chi connectivity index (χ3v) is 7.51. The fourth-order valence-electron chi connectivity index (χ4n) is 5.86. The summed E-state index contributed by atoms with van der Waals surface area (Å²) in [6.07, 6.45) is 1.58. The van der Waals surface area contributed by atoms with E-state index in [1.165, 1.54) is 6.07 Å². The fourth-order valence-corrected chi connectivity index (χ4v) is 5.86. The van der Waals surface area contributed by atoms with Crippen LogP contribution in [0.5, 0.6) is 5.75 Å². The molecule has 4 N–H and O–H groups in total. The van der Waals surface area contributed by atoms with Gasteiger partial charge in [-0.05, 0) is 48.9 Å². The molecule has 5 rings (SSSR count). The molecule has 0 aliphatic heterocycles. The number of aliphatic hydroxyl groups is 1. The van der Waals surface area contributed by atoms with Crippen molar-refractivity contribution in [2.24, 2.45) is 29.4 Å². The lowest BCUT2D eigenvalue weighted by Gasteiger charge is -2.48. The minimum atomic E-state index is -2.64. The number of pyridine rings is 1. The number of nitrogens with two attached hydrogens (primary N) is 1. The Labute approximate surface area is 194 Å². The van der Waals surface area contributed by atoms with Crippen molar-refractivity contribution < 1.29 is 34.2 Å². The van der Waals surface area contributed by atoms with Gasteiger partial charge >= 0.3 is 0 Å². The second kappa shape index (κ2) is 7.39. The van der Waals surface area contributed by atoms with Crippen LogP contribution in [0.1, 0.15) is 34.5 Å². The second-order valence-electron chi connectivity index (χ2n) is 9.41. The van der Waals surface area contributed by atoms with Crippen molar-refractivity contribution in [3.8, 4) is 16.9 Å². The van der Waals surface area contributed by atoms with Crippen LogP contribution < -0.4 is 5.73 Å². The van der Waals surface area contributed by atoms with Crippen molar-refractivity contribution in [3.63, 3.8) is 0 Å². The first kappa shape index (κ1) is 22.1. The molecule has 0 saturated heterocycles. The second-order valence-corrected chi connectivity index (χ2v) is 9.41. The van der Waals surface area contributed by atoms with E-state index >= 15 is 0 Å². The zero-order valence-electron chi connectivity index (χ0n) is 18.3. The minimum absolute atomic E-state index is 0.0273. The number of aromatic nitrogens is 1. The number of ketones is 4. The predicted octanol–water partition coefficient (Wildman–Crippen LogP) is 0.697. The fraction of sp³-hybridized carbons (Fsp3) is 0.360. The number of benzene rings is 1. The highest BCUT2D eigenvalue weighted by atomic mass is 16.3. The smallest absolute Gasteiger partial charge is 0.235 e. The molecule has 2 aromatic rings. The van der Waals surface area contributed by atoms with Gasteiger partial charge in [0.2, 0.25) is 5.91 Å². The summed E-state index contributed by atoms with van der Waals surface area (Å²) in [5, 5.41) is 21.7. The lowest BCUT2D eigenvalue weighted by molar-refractivity contribution is -0.175.